The third-order valence-electron chi connectivity index (χ3n) is 3.12. The number of hydrogen-bond donors (Lipinski definition) is 0. The topological polar surface area (TPSA) is 74.5 Å². The Morgan fingerprint density at radius 2 is 2.24 bits per heavy atom. The summed E-state index contributed by atoms with van der Waals surface area (Å²) in [5.41, 5.74) is -0.702. The first-order chi connectivity index (χ1) is 8.17. The summed E-state index contributed by atoms with van der Waals surface area (Å²) >= 11 is 0. The summed E-state index contributed by atoms with van der Waals surface area (Å²) in [5.74, 6) is 0.521. The average molecular weight is 240 g/mol. The van der Waals surface area contributed by atoms with Crippen molar-refractivity contribution < 1.29 is 18.8 Å². The van der Waals surface area contributed by atoms with Crippen LogP contribution in [-0.2, 0) is 19.7 Å². The molecule has 2 rings (SSSR count). The number of methoxy groups -OCH3 is 2. The molecule has 1 aromatic rings. The summed E-state index contributed by atoms with van der Waals surface area (Å²) in [6, 6.07) is 0. The molecule has 94 valence electrons. The molecule has 1 fully saturated rings. The highest BCUT2D eigenvalue weighted by Crippen LogP contribution is 2.48. The van der Waals surface area contributed by atoms with Crippen molar-refractivity contribution in [3.63, 3.8) is 0 Å². The summed E-state index contributed by atoms with van der Waals surface area (Å²) in [5, 5.41) is 3.86. The third-order valence-corrected chi connectivity index (χ3v) is 3.12. The number of carbonyl (C=O) groups is 1. The first kappa shape index (κ1) is 12.0. The van der Waals surface area contributed by atoms with Crippen LogP contribution in [0.4, 0.5) is 0 Å². The van der Waals surface area contributed by atoms with Crippen LogP contribution in [0.2, 0.25) is 0 Å². The monoisotopic (exact) mass is 240 g/mol. The molecule has 6 heteroatoms. The molecule has 0 radical (unpaired) electrons. The molecule has 1 aliphatic rings. The lowest BCUT2D eigenvalue weighted by Gasteiger charge is -2.07. The van der Waals surface area contributed by atoms with E-state index in [1.54, 1.807) is 7.11 Å². The van der Waals surface area contributed by atoms with E-state index in [-0.39, 0.29) is 12.1 Å². The smallest absolute Gasteiger partial charge is 0.321 e. The molecule has 1 unspecified atom stereocenters. The molecule has 0 saturated heterocycles. The molecular formula is C11H16N2O4. The van der Waals surface area contributed by atoms with Gasteiger partial charge in [0, 0.05) is 7.11 Å². The minimum Gasteiger partial charge on any atom is -0.468 e. The molecular weight excluding hydrogens is 224 g/mol. The van der Waals surface area contributed by atoms with Crippen LogP contribution in [0.25, 0.3) is 0 Å². The van der Waals surface area contributed by atoms with Gasteiger partial charge in [0.1, 0.15) is 11.5 Å². The van der Waals surface area contributed by atoms with Crippen molar-refractivity contribution in [2.45, 2.75) is 37.7 Å². The Morgan fingerprint density at radius 1 is 1.53 bits per heavy atom. The molecule has 1 aromatic heterocycles. The molecule has 0 aliphatic heterocycles. The van der Waals surface area contributed by atoms with Crippen molar-refractivity contribution in [2.24, 2.45) is 0 Å². The number of nitrogens with zero attached hydrogens (tertiary/aromatic N) is 2. The van der Waals surface area contributed by atoms with Crippen LogP contribution in [-0.4, -0.2) is 30.3 Å². The maximum atomic E-state index is 11.6. The van der Waals surface area contributed by atoms with Crippen LogP contribution in [0, 0.1) is 0 Å². The van der Waals surface area contributed by atoms with E-state index in [1.165, 1.54) is 7.11 Å². The number of carbonyl (C=O) groups excluding carboxylic acids is 1. The van der Waals surface area contributed by atoms with Crippen LogP contribution in [0.1, 0.15) is 44.0 Å². The molecule has 1 atom stereocenters. The van der Waals surface area contributed by atoms with Crippen molar-refractivity contribution in [1.82, 2.24) is 10.1 Å². The molecule has 1 aliphatic carbocycles. The van der Waals surface area contributed by atoms with E-state index in [2.05, 4.69) is 10.1 Å². The number of aromatic nitrogens is 2. The van der Waals surface area contributed by atoms with E-state index in [4.69, 9.17) is 14.0 Å². The predicted molar refractivity (Wildman–Crippen MR) is 57.3 cm³/mol. The fraction of sp³-hybridized carbons (Fsp3) is 0.727. The molecule has 6 nitrogen and oxygen atoms in total. The van der Waals surface area contributed by atoms with Crippen LogP contribution in [0.3, 0.4) is 0 Å². The lowest BCUT2D eigenvalue weighted by atomic mass is 10.1. The lowest BCUT2D eigenvalue weighted by molar-refractivity contribution is -0.144. The second kappa shape index (κ2) is 4.44. The van der Waals surface area contributed by atoms with Crippen molar-refractivity contribution in [3.05, 3.63) is 11.7 Å². The maximum absolute atomic E-state index is 11.6. The standard InChI is InChI=1S/C11H16N2O4/c1-4-7(15-2)8-12-9(17-13-8)11(5-6-11)10(14)16-3/h7H,4-6H2,1-3H3. The van der Waals surface area contributed by atoms with Gasteiger partial charge >= 0.3 is 5.97 Å². The number of hydrogen-bond acceptors (Lipinski definition) is 6. The Kier molecular flexibility index (Phi) is 3.15. The maximum Gasteiger partial charge on any atom is 0.321 e. The highest BCUT2D eigenvalue weighted by atomic mass is 16.5. The van der Waals surface area contributed by atoms with E-state index in [0.29, 0.717) is 24.6 Å². The van der Waals surface area contributed by atoms with Gasteiger partial charge in [-0.25, -0.2) is 0 Å². The van der Waals surface area contributed by atoms with Gasteiger partial charge in [-0.05, 0) is 19.3 Å². The number of esters is 1. The molecule has 1 saturated carbocycles. The highest BCUT2D eigenvalue weighted by molar-refractivity contribution is 5.85. The SMILES string of the molecule is CCC(OC)c1noc(C2(C(=O)OC)CC2)n1. The minimum absolute atomic E-state index is 0.194. The summed E-state index contributed by atoms with van der Waals surface area (Å²) in [6.45, 7) is 1.97. The normalized spacial score (nSPS) is 18.8. The highest BCUT2D eigenvalue weighted by Gasteiger charge is 2.57. The van der Waals surface area contributed by atoms with Gasteiger partial charge in [-0.1, -0.05) is 12.1 Å². The Labute approximate surface area is 99.3 Å². The van der Waals surface area contributed by atoms with Gasteiger partial charge in [-0.3, -0.25) is 4.79 Å². The molecule has 0 aromatic carbocycles. The van der Waals surface area contributed by atoms with Crippen molar-refractivity contribution in [1.29, 1.82) is 0 Å². The number of ether oxygens (including phenoxy) is 2. The predicted octanol–water partition coefficient (Wildman–Crippen LogP) is 1.37. The summed E-state index contributed by atoms with van der Waals surface area (Å²) in [6.07, 6.45) is 1.96. The molecule has 1 heterocycles. The van der Waals surface area contributed by atoms with Gasteiger partial charge in [0.25, 0.3) is 0 Å². The van der Waals surface area contributed by atoms with Crippen molar-refractivity contribution in [3.8, 4) is 0 Å². The van der Waals surface area contributed by atoms with Crippen LogP contribution in [0.5, 0.6) is 0 Å². The van der Waals surface area contributed by atoms with Crippen LogP contribution in [0.15, 0.2) is 4.52 Å². The average Bonchev–Trinajstić information content (AvgIpc) is 3.03. The minimum atomic E-state index is -0.702. The van der Waals surface area contributed by atoms with Gasteiger partial charge in [0.15, 0.2) is 0 Å². The van der Waals surface area contributed by atoms with Gasteiger partial charge in [0.2, 0.25) is 11.7 Å². The zero-order chi connectivity index (χ0) is 12.5. The van der Waals surface area contributed by atoms with Crippen molar-refractivity contribution >= 4 is 5.97 Å². The molecule has 0 bridgehead atoms. The van der Waals surface area contributed by atoms with E-state index >= 15 is 0 Å². The van der Waals surface area contributed by atoms with E-state index in [1.807, 2.05) is 6.92 Å². The summed E-state index contributed by atoms with van der Waals surface area (Å²) < 4.78 is 15.1. The Bertz CT molecular complexity index is 407. The third kappa shape index (κ3) is 1.93. The summed E-state index contributed by atoms with van der Waals surface area (Å²) in [7, 11) is 2.96. The van der Waals surface area contributed by atoms with E-state index < -0.39 is 5.41 Å². The Hall–Kier alpha value is -1.43. The zero-order valence-electron chi connectivity index (χ0n) is 10.2. The first-order valence-electron chi connectivity index (χ1n) is 5.63. The Balaban J connectivity index is 2.21. The van der Waals surface area contributed by atoms with Gasteiger partial charge < -0.3 is 14.0 Å². The van der Waals surface area contributed by atoms with Crippen LogP contribution >= 0.6 is 0 Å². The Morgan fingerprint density at radius 3 is 2.71 bits per heavy atom. The van der Waals surface area contributed by atoms with Crippen LogP contribution < -0.4 is 0 Å². The number of rotatable bonds is 5. The molecule has 0 amide bonds. The first-order valence-corrected chi connectivity index (χ1v) is 5.63. The van der Waals surface area contributed by atoms with E-state index in [9.17, 15) is 4.79 Å². The van der Waals surface area contributed by atoms with Gasteiger partial charge in [0.05, 0.1) is 7.11 Å². The second-order valence-corrected chi connectivity index (χ2v) is 4.16. The summed E-state index contributed by atoms with van der Waals surface area (Å²) in [4.78, 5) is 15.9. The van der Waals surface area contributed by atoms with Crippen molar-refractivity contribution in [2.75, 3.05) is 14.2 Å². The van der Waals surface area contributed by atoms with Gasteiger partial charge in [-0.2, -0.15) is 4.98 Å². The second-order valence-electron chi connectivity index (χ2n) is 4.16. The quantitative estimate of drug-likeness (QED) is 0.724. The molecule has 0 spiro atoms. The zero-order valence-corrected chi connectivity index (χ0v) is 10.2. The molecule has 0 N–H and O–H groups in total. The molecule has 17 heavy (non-hydrogen) atoms. The van der Waals surface area contributed by atoms with Gasteiger partial charge in [-0.15, -0.1) is 0 Å². The van der Waals surface area contributed by atoms with E-state index in [0.717, 1.165) is 6.42 Å². The fourth-order valence-electron chi connectivity index (χ4n) is 1.84. The lowest BCUT2D eigenvalue weighted by Crippen LogP contribution is -2.22. The largest absolute Gasteiger partial charge is 0.468 e. The fourth-order valence-corrected chi connectivity index (χ4v) is 1.84.